The fourth-order valence-electron chi connectivity index (χ4n) is 2.66. The minimum atomic E-state index is -0.134. The average Bonchev–Trinajstić information content (AvgIpc) is 3.23. The molecule has 1 N–H and O–H groups in total. The summed E-state index contributed by atoms with van der Waals surface area (Å²) in [5.74, 6) is 0.851. The number of rotatable bonds is 4. The molecule has 2 aromatic heterocycles. The van der Waals surface area contributed by atoms with Gasteiger partial charge in [0.1, 0.15) is 5.76 Å². The number of carbonyl (C=O) groups excluding carboxylic acids is 2. The van der Waals surface area contributed by atoms with Crippen LogP contribution in [0.2, 0.25) is 0 Å². The number of hydrogen-bond acceptors (Lipinski definition) is 4. The number of piperidine rings is 1. The van der Waals surface area contributed by atoms with Gasteiger partial charge in [-0.1, -0.05) is 0 Å². The van der Waals surface area contributed by atoms with E-state index in [9.17, 15) is 9.59 Å². The molecule has 2 amide bonds. The van der Waals surface area contributed by atoms with Crippen LogP contribution in [0, 0.1) is 5.92 Å². The first-order chi connectivity index (χ1) is 11.1. The maximum atomic E-state index is 12.3. The smallest absolute Gasteiger partial charge is 0.289 e. The number of likely N-dealkylation sites (tertiary alicyclic amines) is 1. The van der Waals surface area contributed by atoms with Crippen LogP contribution in [-0.2, 0) is 11.3 Å². The van der Waals surface area contributed by atoms with Gasteiger partial charge in [0.2, 0.25) is 5.91 Å². The summed E-state index contributed by atoms with van der Waals surface area (Å²) < 4.78 is 11.0. The third kappa shape index (κ3) is 3.85. The molecule has 6 nitrogen and oxygen atoms in total. The van der Waals surface area contributed by atoms with Gasteiger partial charge in [0.25, 0.3) is 5.91 Å². The highest BCUT2D eigenvalue weighted by Gasteiger charge is 2.28. The SMILES string of the molecule is O=C(NCc1ccco1)C1CCN(C(=O)c2ccc(Br)o2)CC1. The van der Waals surface area contributed by atoms with Gasteiger partial charge >= 0.3 is 0 Å². The Kier molecular flexibility index (Phi) is 4.85. The Balaban J connectivity index is 1.48. The maximum Gasteiger partial charge on any atom is 0.289 e. The van der Waals surface area contributed by atoms with Crippen molar-refractivity contribution in [3.05, 3.63) is 46.7 Å². The predicted molar refractivity (Wildman–Crippen MR) is 85.6 cm³/mol. The number of hydrogen-bond donors (Lipinski definition) is 1. The second kappa shape index (κ2) is 7.04. The van der Waals surface area contributed by atoms with E-state index in [1.54, 1.807) is 29.4 Å². The van der Waals surface area contributed by atoms with Gasteiger partial charge in [-0.15, -0.1) is 0 Å². The third-order valence-corrected chi connectivity index (χ3v) is 4.38. The number of amides is 2. The molecule has 0 aromatic carbocycles. The lowest BCUT2D eigenvalue weighted by Crippen LogP contribution is -2.42. The van der Waals surface area contributed by atoms with Gasteiger partial charge < -0.3 is 19.1 Å². The minimum absolute atomic E-state index is 0.00856. The summed E-state index contributed by atoms with van der Waals surface area (Å²) in [6.07, 6.45) is 2.88. The summed E-state index contributed by atoms with van der Waals surface area (Å²) in [5, 5.41) is 2.87. The summed E-state index contributed by atoms with van der Waals surface area (Å²) in [6.45, 7) is 1.50. The fourth-order valence-corrected chi connectivity index (χ4v) is 2.97. The molecule has 2 aromatic rings. The first-order valence-corrected chi connectivity index (χ1v) is 8.27. The molecule has 0 unspecified atom stereocenters. The molecule has 0 radical (unpaired) electrons. The van der Waals surface area contributed by atoms with Crippen LogP contribution in [0.4, 0.5) is 0 Å². The molecule has 122 valence electrons. The van der Waals surface area contributed by atoms with Gasteiger partial charge in [-0.3, -0.25) is 9.59 Å². The van der Waals surface area contributed by atoms with Crippen LogP contribution in [-0.4, -0.2) is 29.8 Å². The first-order valence-electron chi connectivity index (χ1n) is 7.48. The van der Waals surface area contributed by atoms with Crippen LogP contribution in [0.5, 0.6) is 0 Å². The second-order valence-corrected chi connectivity index (χ2v) is 6.25. The summed E-state index contributed by atoms with van der Waals surface area (Å²) in [5.41, 5.74) is 0. The molecule has 3 heterocycles. The quantitative estimate of drug-likeness (QED) is 0.884. The summed E-state index contributed by atoms with van der Waals surface area (Å²) in [6, 6.07) is 6.96. The molecule has 23 heavy (non-hydrogen) atoms. The number of nitrogens with zero attached hydrogens (tertiary/aromatic N) is 1. The van der Waals surface area contributed by atoms with E-state index < -0.39 is 0 Å². The molecule has 1 aliphatic heterocycles. The standard InChI is InChI=1S/C16H17BrN2O4/c17-14-4-3-13(23-14)16(21)19-7-5-11(6-8-19)15(20)18-10-12-2-1-9-22-12/h1-4,9,11H,5-8,10H2,(H,18,20). The Morgan fingerprint density at radius 1 is 1.26 bits per heavy atom. The molecular formula is C16H17BrN2O4. The maximum absolute atomic E-state index is 12.3. The van der Waals surface area contributed by atoms with Crippen molar-refractivity contribution < 1.29 is 18.4 Å². The Morgan fingerprint density at radius 2 is 2.04 bits per heavy atom. The molecule has 3 rings (SSSR count). The van der Waals surface area contributed by atoms with Gasteiger partial charge in [-0.2, -0.15) is 0 Å². The Bertz CT molecular complexity index is 672. The van der Waals surface area contributed by atoms with Crippen LogP contribution in [0.25, 0.3) is 0 Å². The molecule has 0 saturated carbocycles. The molecule has 0 bridgehead atoms. The van der Waals surface area contributed by atoms with E-state index in [4.69, 9.17) is 8.83 Å². The topological polar surface area (TPSA) is 75.7 Å². The summed E-state index contributed by atoms with van der Waals surface area (Å²) >= 11 is 3.19. The van der Waals surface area contributed by atoms with Crippen LogP contribution < -0.4 is 5.32 Å². The zero-order valence-corrected chi connectivity index (χ0v) is 14.0. The van der Waals surface area contributed by atoms with Crippen molar-refractivity contribution in [2.45, 2.75) is 19.4 Å². The lowest BCUT2D eigenvalue weighted by Gasteiger charge is -2.30. The molecular weight excluding hydrogens is 364 g/mol. The number of furan rings is 2. The van der Waals surface area contributed by atoms with Gasteiger partial charge in [0.15, 0.2) is 10.4 Å². The fraction of sp³-hybridized carbons (Fsp3) is 0.375. The van der Waals surface area contributed by atoms with Crippen molar-refractivity contribution >= 4 is 27.7 Å². The number of halogens is 1. The highest BCUT2D eigenvalue weighted by Crippen LogP contribution is 2.21. The zero-order chi connectivity index (χ0) is 16.2. The minimum Gasteiger partial charge on any atom is -0.467 e. The van der Waals surface area contributed by atoms with Crippen molar-refractivity contribution in [2.75, 3.05) is 13.1 Å². The van der Waals surface area contributed by atoms with E-state index >= 15 is 0 Å². The van der Waals surface area contributed by atoms with E-state index in [0.29, 0.717) is 42.9 Å². The van der Waals surface area contributed by atoms with E-state index in [0.717, 1.165) is 5.76 Å². The molecule has 1 saturated heterocycles. The molecule has 0 atom stereocenters. The normalized spacial score (nSPS) is 15.6. The number of nitrogens with one attached hydrogen (secondary N) is 1. The van der Waals surface area contributed by atoms with Crippen molar-refractivity contribution in [2.24, 2.45) is 5.92 Å². The number of carbonyl (C=O) groups is 2. The predicted octanol–water partition coefficient (Wildman–Crippen LogP) is 2.80. The highest BCUT2D eigenvalue weighted by molar-refractivity contribution is 9.10. The lowest BCUT2D eigenvalue weighted by molar-refractivity contribution is -0.126. The monoisotopic (exact) mass is 380 g/mol. The van der Waals surface area contributed by atoms with E-state index in [2.05, 4.69) is 21.2 Å². The van der Waals surface area contributed by atoms with Crippen molar-refractivity contribution in [1.82, 2.24) is 10.2 Å². The van der Waals surface area contributed by atoms with Gasteiger partial charge in [-0.25, -0.2) is 0 Å². The molecule has 0 aliphatic carbocycles. The van der Waals surface area contributed by atoms with Gasteiger partial charge in [0.05, 0.1) is 12.8 Å². The van der Waals surface area contributed by atoms with Crippen molar-refractivity contribution in [1.29, 1.82) is 0 Å². The van der Waals surface area contributed by atoms with Crippen LogP contribution >= 0.6 is 15.9 Å². The van der Waals surface area contributed by atoms with E-state index in [1.165, 1.54) is 0 Å². The van der Waals surface area contributed by atoms with Gasteiger partial charge in [-0.05, 0) is 53.0 Å². The van der Waals surface area contributed by atoms with Crippen LogP contribution in [0.15, 0.2) is 44.0 Å². The lowest BCUT2D eigenvalue weighted by atomic mass is 9.95. The van der Waals surface area contributed by atoms with Crippen molar-refractivity contribution in [3.8, 4) is 0 Å². The van der Waals surface area contributed by atoms with E-state index in [1.807, 2.05) is 6.07 Å². The molecule has 0 spiro atoms. The largest absolute Gasteiger partial charge is 0.467 e. The first kappa shape index (κ1) is 15.9. The molecule has 7 heteroatoms. The van der Waals surface area contributed by atoms with Crippen LogP contribution in [0.3, 0.4) is 0 Å². The van der Waals surface area contributed by atoms with Gasteiger partial charge in [0, 0.05) is 19.0 Å². The highest BCUT2D eigenvalue weighted by atomic mass is 79.9. The van der Waals surface area contributed by atoms with E-state index in [-0.39, 0.29) is 17.7 Å². The Hall–Kier alpha value is -2.02. The van der Waals surface area contributed by atoms with Crippen molar-refractivity contribution in [3.63, 3.8) is 0 Å². The summed E-state index contributed by atoms with van der Waals surface area (Å²) in [4.78, 5) is 26.2. The molecule has 1 fully saturated rings. The Labute approximate surface area is 141 Å². The van der Waals surface area contributed by atoms with Crippen LogP contribution in [0.1, 0.15) is 29.2 Å². The summed E-state index contributed by atoms with van der Waals surface area (Å²) in [7, 11) is 0. The average molecular weight is 381 g/mol. The second-order valence-electron chi connectivity index (χ2n) is 5.47. The third-order valence-electron chi connectivity index (χ3n) is 3.95. The Morgan fingerprint density at radius 3 is 2.65 bits per heavy atom. The zero-order valence-electron chi connectivity index (χ0n) is 12.5. The molecule has 1 aliphatic rings.